The molecule has 1 aliphatic rings. The maximum absolute atomic E-state index is 11.3. The van der Waals surface area contributed by atoms with Crippen molar-refractivity contribution in [3.05, 3.63) is 47.4 Å². The molecule has 1 aliphatic heterocycles. The number of hydroxylamine groups is 1. The van der Waals surface area contributed by atoms with E-state index in [2.05, 4.69) is 10.4 Å². The summed E-state index contributed by atoms with van der Waals surface area (Å²) >= 11 is 0. The second kappa shape index (κ2) is 6.34. The van der Waals surface area contributed by atoms with Crippen LogP contribution in [-0.2, 0) is 9.59 Å². The number of benzene rings is 1. The van der Waals surface area contributed by atoms with E-state index in [1.54, 1.807) is 24.3 Å². The Morgan fingerprint density at radius 1 is 1.21 bits per heavy atom. The molecule has 0 aliphatic carbocycles. The lowest BCUT2D eigenvalue weighted by Crippen LogP contribution is -2.24. The fourth-order valence-corrected chi connectivity index (χ4v) is 2.06. The normalized spacial score (nSPS) is 14.3. The van der Waals surface area contributed by atoms with Gasteiger partial charge < -0.3 is 14.7 Å². The van der Waals surface area contributed by atoms with E-state index in [1.165, 1.54) is 18.3 Å². The zero-order valence-electron chi connectivity index (χ0n) is 12.2. The third-order valence-corrected chi connectivity index (χ3v) is 3.23. The highest BCUT2D eigenvalue weighted by Gasteiger charge is 2.25. The molecule has 1 N–H and O–H groups in total. The first kappa shape index (κ1) is 15.4. The standard InChI is InChI=1S/C15H11N4O5/c20-9-19(23)11-3-1-10(2-4-11)13-6-5-12(24-13)7-16-18-8-14(21)17-15(18)22/h1-7,9H,8H2,(H,17,21,22)/q-1/b16-7+. The van der Waals surface area contributed by atoms with Crippen LogP contribution in [0.15, 0.2) is 45.9 Å². The maximum Gasteiger partial charge on any atom is 0.344 e. The van der Waals surface area contributed by atoms with Gasteiger partial charge in [-0.15, -0.1) is 0 Å². The highest BCUT2D eigenvalue weighted by Crippen LogP contribution is 2.24. The Morgan fingerprint density at radius 2 is 1.96 bits per heavy atom. The summed E-state index contributed by atoms with van der Waals surface area (Å²) in [4.78, 5) is 32.8. The van der Waals surface area contributed by atoms with Crippen molar-refractivity contribution in [2.24, 2.45) is 5.10 Å². The predicted molar refractivity (Wildman–Crippen MR) is 83.9 cm³/mol. The van der Waals surface area contributed by atoms with E-state index in [0.717, 1.165) is 5.01 Å². The summed E-state index contributed by atoms with van der Waals surface area (Å²) < 4.78 is 5.56. The van der Waals surface area contributed by atoms with Crippen LogP contribution in [0, 0.1) is 5.21 Å². The van der Waals surface area contributed by atoms with E-state index in [0.29, 0.717) is 17.1 Å². The molecule has 0 saturated carbocycles. The predicted octanol–water partition coefficient (Wildman–Crippen LogP) is 1.29. The molecule has 0 atom stereocenters. The van der Waals surface area contributed by atoms with Crippen molar-refractivity contribution in [1.29, 1.82) is 0 Å². The molecule has 1 saturated heterocycles. The molecule has 24 heavy (non-hydrogen) atoms. The van der Waals surface area contributed by atoms with E-state index in [9.17, 15) is 19.6 Å². The number of hydrogen-bond acceptors (Lipinski definition) is 6. The van der Waals surface area contributed by atoms with Crippen molar-refractivity contribution < 1.29 is 18.8 Å². The van der Waals surface area contributed by atoms with E-state index in [-0.39, 0.29) is 23.7 Å². The molecule has 1 fully saturated rings. The largest absolute Gasteiger partial charge is 0.752 e. The number of amides is 4. The Morgan fingerprint density at radius 3 is 2.58 bits per heavy atom. The van der Waals surface area contributed by atoms with Gasteiger partial charge in [-0.1, -0.05) is 0 Å². The summed E-state index contributed by atoms with van der Waals surface area (Å²) in [5.74, 6) is 0.494. The van der Waals surface area contributed by atoms with Gasteiger partial charge in [-0.05, 0) is 36.4 Å². The summed E-state index contributed by atoms with van der Waals surface area (Å²) in [5.41, 5.74) is 0.915. The van der Waals surface area contributed by atoms with Gasteiger partial charge in [0.1, 0.15) is 18.1 Å². The Balaban J connectivity index is 1.72. The fraction of sp³-hybridized carbons (Fsp3) is 0.0667. The number of carbonyl (C=O) groups is 3. The number of anilines is 1. The highest BCUT2D eigenvalue weighted by atomic mass is 16.5. The Labute approximate surface area is 135 Å². The summed E-state index contributed by atoms with van der Waals surface area (Å²) in [6.45, 7) is -0.132. The molecule has 9 nitrogen and oxygen atoms in total. The highest BCUT2D eigenvalue weighted by molar-refractivity contribution is 6.02. The molecule has 0 spiro atoms. The van der Waals surface area contributed by atoms with Crippen LogP contribution in [0.4, 0.5) is 10.5 Å². The average molecular weight is 327 g/mol. The van der Waals surface area contributed by atoms with Crippen LogP contribution in [0.5, 0.6) is 0 Å². The monoisotopic (exact) mass is 327 g/mol. The van der Waals surface area contributed by atoms with Gasteiger partial charge in [0.25, 0.3) is 0 Å². The van der Waals surface area contributed by atoms with Gasteiger partial charge >= 0.3 is 6.03 Å². The number of nitrogens with zero attached hydrogens (tertiary/aromatic N) is 3. The molecular formula is C15H11N4O5-. The van der Waals surface area contributed by atoms with Gasteiger partial charge in [0, 0.05) is 11.3 Å². The SMILES string of the molecule is O=CN([O-])c1ccc(-c2ccc(/C=N/N3CC(=O)NC3=O)o2)cc1. The molecule has 0 unspecified atom stereocenters. The van der Waals surface area contributed by atoms with Crippen LogP contribution in [-0.4, -0.2) is 36.1 Å². The summed E-state index contributed by atoms with van der Waals surface area (Å²) in [6.07, 6.45) is 1.50. The maximum atomic E-state index is 11.3. The lowest BCUT2D eigenvalue weighted by Gasteiger charge is -2.22. The topological polar surface area (TPSA) is 118 Å². The molecule has 2 heterocycles. The smallest absolute Gasteiger partial charge is 0.344 e. The first-order chi connectivity index (χ1) is 11.6. The van der Waals surface area contributed by atoms with Crippen LogP contribution in [0.25, 0.3) is 11.3 Å². The van der Waals surface area contributed by atoms with E-state index < -0.39 is 11.9 Å². The van der Waals surface area contributed by atoms with E-state index >= 15 is 0 Å². The van der Waals surface area contributed by atoms with E-state index in [4.69, 9.17) is 4.42 Å². The Bertz CT molecular complexity index is 812. The first-order valence-electron chi connectivity index (χ1n) is 6.84. The minimum Gasteiger partial charge on any atom is -0.752 e. The second-order valence-electron chi connectivity index (χ2n) is 4.84. The molecule has 0 radical (unpaired) electrons. The number of imide groups is 1. The van der Waals surface area contributed by atoms with Gasteiger partial charge in [0.2, 0.25) is 12.3 Å². The number of nitrogens with one attached hydrogen (secondary N) is 1. The first-order valence-corrected chi connectivity index (χ1v) is 6.84. The molecule has 9 heteroatoms. The quantitative estimate of drug-likeness (QED) is 0.384. The van der Waals surface area contributed by atoms with Crippen molar-refractivity contribution in [2.75, 3.05) is 11.6 Å². The second-order valence-corrected chi connectivity index (χ2v) is 4.84. The van der Waals surface area contributed by atoms with Crippen molar-refractivity contribution in [3.63, 3.8) is 0 Å². The van der Waals surface area contributed by atoms with Gasteiger partial charge in [-0.3, -0.25) is 14.9 Å². The molecule has 3 rings (SSSR count). The lowest BCUT2D eigenvalue weighted by molar-refractivity contribution is -0.118. The Hall–Kier alpha value is -3.46. The van der Waals surface area contributed by atoms with Gasteiger partial charge in [-0.25, -0.2) is 9.80 Å². The van der Waals surface area contributed by atoms with Crippen LogP contribution in [0.2, 0.25) is 0 Å². The number of urea groups is 1. The minimum absolute atomic E-state index is 0.132. The van der Waals surface area contributed by atoms with Crippen LogP contribution in [0.1, 0.15) is 5.76 Å². The molecule has 1 aromatic carbocycles. The van der Waals surface area contributed by atoms with Gasteiger partial charge in [0.15, 0.2) is 0 Å². The third kappa shape index (κ3) is 3.15. The molecule has 4 amide bonds. The zero-order valence-corrected chi connectivity index (χ0v) is 12.2. The van der Waals surface area contributed by atoms with E-state index in [1.807, 2.05) is 0 Å². The average Bonchev–Trinajstić information content (AvgIpc) is 3.18. The van der Waals surface area contributed by atoms with Crippen molar-refractivity contribution >= 4 is 30.3 Å². The molecule has 1 aromatic heterocycles. The zero-order chi connectivity index (χ0) is 17.1. The summed E-state index contributed by atoms with van der Waals surface area (Å²) in [6, 6.07) is 9.01. The lowest BCUT2D eigenvalue weighted by atomic mass is 10.1. The Kier molecular flexibility index (Phi) is 4.08. The van der Waals surface area contributed by atoms with Crippen LogP contribution >= 0.6 is 0 Å². The number of carbonyl (C=O) groups excluding carboxylic acids is 3. The van der Waals surface area contributed by atoms with Crippen LogP contribution in [0.3, 0.4) is 0 Å². The van der Waals surface area contributed by atoms with Crippen molar-refractivity contribution in [1.82, 2.24) is 10.3 Å². The summed E-state index contributed by atoms with van der Waals surface area (Å²) in [5, 5.41) is 18.4. The van der Waals surface area contributed by atoms with Gasteiger partial charge in [0.05, 0.1) is 6.21 Å². The van der Waals surface area contributed by atoms with Crippen LogP contribution < -0.4 is 10.4 Å². The number of furan rings is 1. The van der Waals surface area contributed by atoms with Crippen molar-refractivity contribution in [2.45, 2.75) is 0 Å². The molecule has 2 aromatic rings. The third-order valence-electron chi connectivity index (χ3n) is 3.23. The van der Waals surface area contributed by atoms with Crippen molar-refractivity contribution in [3.8, 4) is 11.3 Å². The minimum atomic E-state index is -0.587. The number of hydrazone groups is 1. The number of hydrogen-bond donors (Lipinski definition) is 1. The van der Waals surface area contributed by atoms with Gasteiger partial charge in [-0.2, -0.15) is 5.10 Å². The molecule has 122 valence electrons. The summed E-state index contributed by atoms with van der Waals surface area (Å²) in [7, 11) is 0. The molecular weight excluding hydrogens is 316 g/mol. The number of rotatable bonds is 5. The molecule has 0 bridgehead atoms. The fourth-order valence-electron chi connectivity index (χ4n) is 2.06.